The molecule has 8 heteroatoms. The molecule has 2 heterocycles. The molecule has 2 aromatic heterocycles. The predicted octanol–water partition coefficient (Wildman–Crippen LogP) is 13.1. The van der Waals surface area contributed by atoms with Crippen LogP contribution in [0.5, 0.6) is 34.5 Å². The van der Waals surface area contributed by atoms with E-state index in [1.165, 1.54) is 0 Å². The molecule has 0 aliphatic heterocycles. The topological polar surface area (TPSA) is 87.2 Å². The fourth-order valence-electron chi connectivity index (χ4n) is 9.00. The summed E-state index contributed by atoms with van der Waals surface area (Å²) in [4.78, 5) is 0. The highest BCUT2D eigenvalue weighted by molar-refractivity contribution is 6.10. The summed E-state index contributed by atoms with van der Waals surface area (Å²) >= 11 is 0. The van der Waals surface area contributed by atoms with Crippen LogP contribution in [0.2, 0.25) is 0 Å². The van der Waals surface area contributed by atoms with Crippen molar-refractivity contribution in [3.8, 4) is 68.1 Å². The zero-order valence-corrected chi connectivity index (χ0v) is 35.6. The van der Waals surface area contributed by atoms with E-state index in [-0.39, 0.29) is 11.5 Å². The molecule has 312 valence electrons. The van der Waals surface area contributed by atoms with Gasteiger partial charge in [-0.3, -0.25) is 0 Å². The molecular formula is C55H46N2O6. The van der Waals surface area contributed by atoms with Crippen LogP contribution in [0.25, 0.3) is 77.2 Å². The van der Waals surface area contributed by atoms with Gasteiger partial charge < -0.3 is 38.3 Å². The number of methoxy groups -OCH3 is 2. The van der Waals surface area contributed by atoms with Crippen LogP contribution in [0.1, 0.15) is 17.5 Å². The van der Waals surface area contributed by atoms with Gasteiger partial charge in [0.1, 0.15) is 34.5 Å². The van der Waals surface area contributed by atoms with Crippen molar-refractivity contribution in [3.05, 3.63) is 169 Å². The number of aromatic hydroxyl groups is 2. The average Bonchev–Trinajstić information content (AvgIpc) is 3.83. The van der Waals surface area contributed by atoms with Crippen LogP contribution in [0.3, 0.4) is 0 Å². The fourth-order valence-corrected chi connectivity index (χ4v) is 9.00. The van der Waals surface area contributed by atoms with Gasteiger partial charge in [0, 0.05) is 62.4 Å². The van der Waals surface area contributed by atoms with Gasteiger partial charge in [-0.1, -0.05) is 72.8 Å². The Bertz CT molecular complexity index is 3030. The Labute approximate surface area is 365 Å². The zero-order chi connectivity index (χ0) is 43.2. The summed E-state index contributed by atoms with van der Waals surface area (Å²) in [6, 6.07) is 52.4. The number of hydrogen-bond donors (Lipinski definition) is 2. The smallest absolute Gasteiger partial charge is 0.147 e. The van der Waals surface area contributed by atoms with Crippen molar-refractivity contribution in [3.63, 3.8) is 0 Å². The molecule has 63 heavy (non-hydrogen) atoms. The van der Waals surface area contributed by atoms with Gasteiger partial charge in [0.2, 0.25) is 0 Å². The van der Waals surface area contributed by atoms with Crippen LogP contribution >= 0.6 is 0 Å². The van der Waals surface area contributed by atoms with Gasteiger partial charge in [0.15, 0.2) is 0 Å². The third-order valence-electron chi connectivity index (χ3n) is 11.9. The number of phenolic OH excluding ortho intramolecular Hbond substituents is 2. The Balaban J connectivity index is 0.940. The number of aryl methyl sites for hydroxylation is 2. The maximum absolute atomic E-state index is 12.2. The third kappa shape index (κ3) is 6.90. The van der Waals surface area contributed by atoms with Crippen LogP contribution in [-0.4, -0.2) is 46.8 Å². The van der Waals surface area contributed by atoms with Crippen molar-refractivity contribution in [2.45, 2.75) is 20.3 Å². The first kappa shape index (κ1) is 39.3. The van der Waals surface area contributed by atoms with Crippen LogP contribution in [0.4, 0.5) is 0 Å². The number of aromatic nitrogens is 2. The summed E-state index contributed by atoms with van der Waals surface area (Å²) in [6.07, 6.45) is 0.534. The molecule has 0 amide bonds. The number of rotatable bonds is 12. The Hall–Kier alpha value is -7.84. The molecule has 0 unspecified atom stereocenters. The second-order valence-electron chi connectivity index (χ2n) is 15.9. The summed E-state index contributed by atoms with van der Waals surface area (Å²) in [6.45, 7) is 4.71. The second kappa shape index (κ2) is 16.2. The minimum absolute atomic E-state index is 0.150. The molecule has 0 fully saturated rings. The van der Waals surface area contributed by atoms with Gasteiger partial charge in [0.05, 0.1) is 60.9 Å². The minimum atomic E-state index is 0.150. The van der Waals surface area contributed by atoms with Gasteiger partial charge in [-0.25, -0.2) is 0 Å². The molecule has 2 N–H and O–H groups in total. The summed E-state index contributed by atoms with van der Waals surface area (Å²) in [5, 5.41) is 28.8. The Kier molecular flexibility index (Phi) is 10.1. The van der Waals surface area contributed by atoms with Crippen molar-refractivity contribution in [1.82, 2.24) is 9.13 Å². The number of hydrogen-bond acceptors (Lipinski definition) is 6. The van der Waals surface area contributed by atoms with E-state index in [9.17, 15) is 10.2 Å². The van der Waals surface area contributed by atoms with Crippen molar-refractivity contribution >= 4 is 43.6 Å². The van der Waals surface area contributed by atoms with E-state index in [2.05, 4.69) is 57.7 Å². The maximum Gasteiger partial charge on any atom is 0.147 e. The highest BCUT2D eigenvalue weighted by atomic mass is 16.5. The van der Waals surface area contributed by atoms with Gasteiger partial charge in [0.25, 0.3) is 0 Å². The highest BCUT2D eigenvalue weighted by Crippen LogP contribution is 2.46. The van der Waals surface area contributed by atoms with Crippen LogP contribution in [-0.2, 0) is 0 Å². The number of ether oxygens (including phenoxy) is 4. The Morgan fingerprint density at radius 3 is 1.11 bits per heavy atom. The quantitative estimate of drug-likeness (QED) is 0.119. The third-order valence-corrected chi connectivity index (χ3v) is 11.9. The summed E-state index contributed by atoms with van der Waals surface area (Å²) < 4.78 is 28.5. The lowest BCUT2D eigenvalue weighted by Gasteiger charge is -2.19. The number of para-hydroxylation sites is 4. The van der Waals surface area contributed by atoms with Crippen molar-refractivity contribution < 1.29 is 29.2 Å². The number of fused-ring (bicyclic) bond motifs is 6. The first-order valence-corrected chi connectivity index (χ1v) is 21.1. The summed E-state index contributed by atoms with van der Waals surface area (Å²) in [7, 11) is 3.25. The van der Waals surface area contributed by atoms with Gasteiger partial charge in [-0.15, -0.1) is 0 Å². The molecule has 10 aromatic rings. The van der Waals surface area contributed by atoms with Crippen LogP contribution in [0.15, 0.2) is 158 Å². The van der Waals surface area contributed by atoms with Gasteiger partial charge in [-0.05, 0) is 97.8 Å². The highest BCUT2D eigenvalue weighted by Gasteiger charge is 2.22. The van der Waals surface area contributed by atoms with E-state index in [1.807, 2.05) is 123 Å². The molecule has 0 saturated heterocycles. The lowest BCUT2D eigenvalue weighted by Crippen LogP contribution is -2.07. The van der Waals surface area contributed by atoms with E-state index >= 15 is 0 Å². The van der Waals surface area contributed by atoms with E-state index in [1.54, 1.807) is 14.2 Å². The molecule has 0 radical (unpaired) electrons. The van der Waals surface area contributed by atoms with E-state index < -0.39 is 0 Å². The molecule has 10 rings (SSSR count). The summed E-state index contributed by atoms with van der Waals surface area (Å²) in [5.74, 6) is 2.73. The normalized spacial score (nSPS) is 11.5. The van der Waals surface area contributed by atoms with E-state index in [4.69, 9.17) is 18.9 Å². The van der Waals surface area contributed by atoms with Crippen molar-refractivity contribution in [2.24, 2.45) is 0 Å². The maximum atomic E-state index is 12.2. The van der Waals surface area contributed by atoms with Gasteiger partial charge in [-0.2, -0.15) is 0 Å². The van der Waals surface area contributed by atoms with Crippen molar-refractivity contribution in [2.75, 3.05) is 27.4 Å². The molecule has 0 saturated carbocycles. The number of benzene rings is 8. The van der Waals surface area contributed by atoms with Crippen LogP contribution in [0, 0.1) is 13.8 Å². The molecule has 8 nitrogen and oxygen atoms in total. The Morgan fingerprint density at radius 1 is 0.413 bits per heavy atom. The Morgan fingerprint density at radius 2 is 0.762 bits per heavy atom. The largest absolute Gasteiger partial charge is 0.505 e. The van der Waals surface area contributed by atoms with Gasteiger partial charge >= 0.3 is 0 Å². The lowest BCUT2D eigenvalue weighted by molar-refractivity contribution is 0.247. The molecule has 0 aliphatic carbocycles. The molecule has 8 aromatic carbocycles. The monoisotopic (exact) mass is 830 g/mol. The molecule has 0 atom stereocenters. The molecular weight excluding hydrogens is 785 g/mol. The minimum Gasteiger partial charge on any atom is -0.505 e. The zero-order valence-electron chi connectivity index (χ0n) is 35.6. The lowest BCUT2D eigenvalue weighted by atomic mass is 9.99. The molecule has 0 bridgehead atoms. The van der Waals surface area contributed by atoms with E-state index in [0.717, 1.165) is 65.9 Å². The van der Waals surface area contributed by atoms with Crippen LogP contribution < -0.4 is 18.9 Å². The molecule has 0 spiro atoms. The first-order valence-electron chi connectivity index (χ1n) is 21.1. The summed E-state index contributed by atoms with van der Waals surface area (Å²) in [5.41, 5.74) is 10.2. The average molecular weight is 831 g/mol. The predicted molar refractivity (Wildman–Crippen MR) is 254 cm³/mol. The fraction of sp³-hybridized carbons (Fsp3) is 0.127. The van der Waals surface area contributed by atoms with E-state index in [0.29, 0.717) is 65.1 Å². The molecule has 0 aliphatic rings. The standard InChI is InChI=1S/C55H46N2O6/c1-34-28-44(54(58)50(30-34)56-46-18-9-5-14-38(46)39-15-6-10-19-47(39)56)42-24-22-36(60-3)32-52(42)62-26-13-27-63-53-33-37(61-4)23-25-43(53)45-29-35(2)31-51(55(45)59)57-48-20-11-7-16-40(48)41-17-8-12-21-49(41)57/h5-12,14-25,28-33,58-59H,13,26-27H2,1-4H3. The number of nitrogens with zero attached hydrogens (tertiary/aromatic N) is 2. The SMILES string of the molecule is COc1ccc(-c2cc(C)cc(-n3c4ccccc4c4ccccc43)c2O)c(OCCCOc2cc(OC)ccc2-c2cc(C)cc(-n3c4ccccc4c4ccccc43)c2O)c1. The second-order valence-corrected chi connectivity index (χ2v) is 15.9. The van der Waals surface area contributed by atoms with Crippen molar-refractivity contribution in [1.29, 1.82) is 0 Å². The first-order chi connectivity index (χ1) is 30.8. The number of phenols is 2.